The van der Waals surface area contributed by atoms with Gasteiger partial charge in [0.05, 0.1) is 0 Å². The third-order valence-electron chi connectivity index (χ3n) is 4.76. The van der Waals surface area contributed by atoms with Crippen LogP contribution >= 0.6 is 24.0 Å². The highest BCUT2D eigenvalue weighted by molar-refractivity contribution is 14.0. The zero-order valence-corrected chi connectivity index (χ0v) is 18.8. The van der Waals surface area contributed by atoms with Crippen LogP contribution in [0.2, 0.25) is 0 Å². The monoisotopic (exact) mass is 495 g/mol. The van der Waals surface area contributed by atoms with E-state index in [1.807, 2.05) is 18.2 Å². The Hall–Kier alpha value is -1.94. The van der Waals surface area contributed by atoms with Crippen LogP contribution in [0.1, 0.15) is 18.9 Å². The third-order valence-corrected chi connectivity index (χ3v) is 4.76. The van der Waals surface area contributed by atoms with E-state index >= 15 is 0 Å². The number of nitrogens with two attached hydrogens (primary N) is 1. The summed E-state index contributed by atoms with van der Waals surface area (Å²) in [7, 11) is 0. The fourth-order valence-corrected chi connectivity index (χ4v) is 3.13. The lowest BCUT2D eigenvalue weighted by molar-refractivity contribution is 0.255. The van der Waals surface area contributed by atoms with Gasteiger partial charge in [-0.3, -0.25) is 9.89 Å². The van der Waals surface area contributed by atoms with Crippen molar-refractivity contribution in [3.63, 3.8) is 0 Å². The smallest absolute Gasteiger partial charge is 0.225 e. The molecule has 3 rings (SSSR count). The first kappa shape index (κ1) is 22.4. The Bertz CT molecular complexity index is 713. The molecule has 3 N–H and O–H groups in total. The van der Waals surface area contributed by atoms with Crippen molar-refractivity contribution in [3.8, 4) is 0 Å². The second kappa shape index (κ2) is 11.8. The lowest BCUT2D eigenvalue weighted by atomic mass is 10.1. The highest BCUT2D eigenvalue weighted by Gasteiger charge is 2.17. The van der Waals surface area contributed by atoms with Gasteiger partial charge in [-0.25, -0.2) is 9.97 Å². The van der Waals surface area contributed by atoms with Crippen molar-refractivity contribution in [1.82, 2.24) is 14.9 Å². The number of nitrogens with zero attached hydrogens (tertiary/aromatic N) is 5. The Morgan fingerprint density at radius 1 is 1.11 bits per heavy atom. The molecule has 1 fully saturated rings. The van der Waals surface area contributed by atoms with Gasteiger partial charge in [0.25, 0.3) is 0 Å². The SMILES string of the molecule is CCc1ccc(NC(N)=NCCCN2CCN(c3ncccn3)CC2)cc1.I. The summed E-state index contributed by atoms with van der Waals surface area (Å²) < 4.78 is 0. The van der Waals surface area contributed by atoms with Crippen LogP contribution in [-0.4, -0.2) is 60.1 Å². The number of nitrogens with one attached hydrogen (secondary N) is 1. The summed E-state index contributed by atoms with van der Waals surface area (Å²) in [5, 5.41) is 3.15. The van der Waals surface area contributed by atoms with Crippen LogP contribution in [0.15, 0.2) is 47.7 Å². The van der Waals surface area contributed by atoms with E-state index in [1.54, 1.807) is 12.4 Å². The minimum atomic E-state index is 0. The highest BCUT2D eigenvalue weighted by Crippen LogP contribution is 2.11. The van der Waals surface area contributed by atoms with Crippen molar-refractivity contribution < 1.29 is 0 Å². The molecule has 0 bridgehead atoms. The van der Waals surface area contributed by atoms with Gasteiger partial charge < -0.3 is 16.0 Å². The predicted molar refractivity (Wildman–Crippen MR) is 127 cm³/mol. The van der Waals surface area contributed by atoms with E-state index in [2.05, 4.69) is 49.1 Å². The van der Waals surface area contributed by atoms with E-state index in [4.69, 9.17) is 5.73 Å². The molecule has 8 heteroatoms. The average Bonchev–Trinajstić information content (AvgIpc) is 2.73. The van der Waals surface area contributed by atoms with Gasteiger partial charge in [-0.15, -0.1) is 24.0 Å². The van der Waals surface area contributed by atoms with E-state index in [1.165, 1.54) is 5.56 Å². The Morgan fingerprint density at radius 3 is 2.43 bits per heavy atom. The molecule has 7 nitrogen and oxygen atoms in total. The molecule has 0 atom stereocenters. The molecule has 0 unspecified atom stereocenters. The molecule has 28 heavy (non-hydrogen) atoms. The summed E-state index contributed by atoms with van der Waals surface area (Å²) in [4.78, 5) is 17.8. The topological polar surface area (TPSA) is 82.7 Å². The first-order chi connectivity index (χ1) is 13.2. The van der Waals surface area contributed by atoms with Gasteiger partial charge in [0.1, 0.15) is 0 Å². The Balaban J connectivity index is 0.00000280. The number of halogens is 1. The maximum absolute atomic E-state index is 5.98. The highest BCUT2D eigenvalue weighted by atomic mass is 127. The summed E-state index contributed by atoms with van der Waals surface area (Å²) in [6, 6.07) is 10.1. The average molecular weight is 495 g/mol. The second-order valence-electron chi connectivity index (χ2n) is 6.67. The summed E-state index contributed by atoms with van der Waals surface area (Å²) in [6.07, 6.45) is 5.63. The van der Waals surface area contributed by atoms with Crippen LogP contribution in [-0.2, 0) is 6.42 Å². The van der Waals surface area contributed by atoms with Crippen LogP contribution in [0.3, 0.4) is 0 Å². The zero-order chi connectivity index (χ0) is 18.9. The van der Waals surface area contributed by atoms with Crippen LogP contribution in [0.5, 0.6) is 0 Å². The van der Waals surface area contributed by atoms with E-state index < -0.39 is 0 Å². The molecule has 1 aliphatic heterocycles. The predicted octanol–water partition coefficient (Wildman–Crippen LogP) is 2.60. The van der Waals surface area contributed by atoms with Crippen molar-refractivity contribution in [1.29, 1.82) is 0 Å². The summed E-state index contributed by atoms with van der Waals surface area (Å²) >= 11 is 0. The van der Waals surface area contributed by atoms with Crippen LogP contribution in [0.25, 0.3) is 0 Å². The van der Waals surface area contributed by atoms with Crippen molar-refractivity contribution in [2.45, 2.75) is 19.8 Å². The molecule has 2 heterocycles. The van der Waals surface area contributed by atoms with Crippen molar-refractivity contribution in [2.75, 3.05) is 49.5 Å². The van der Waals surface area contributed by atoms with Gasteiger partial charge in [0, 0.05) is 57.3 Å². The van der Waals surface area contributed by atoms with Crippen molar-refractivity contribution >= 4 is 41.6 Å². The molecule has 0 amide bonds. The maximum Gasteiger partial charge on any atom is 0.225 e. The maximum atomic E-state index is 5.98. The number of hydrogen-bond donors (Lipinski definition) is 2. The number of aryl methyl sites for hydroxylation is 1. The van der Waals surface area contributed by atoms with Gasteiger partial charge in [-0.2, -0.15) is 0 Å². The minimum absolute atomic E-state index is 0. The molecule has 0 spiro atoms. The van der Waals surface area contributed by atoms with Gasteiger partial charge in [-0.05, 0) is 36.6 Å². The molecule has 1 saturated heterocycles. The summed E-state index contributed by atoms with van der Waals surface area (Å²) in [5.74, 6) is 1.30. The molecule has 152 valence electrons. The molecule has 0 radical (unpaired) electrons. The summed E-state index contributed by atoms with van der Waals surface area (Å²) in [5.41, 5.74) is 8.28. The normalized spacial score (nSPS) is 15.2. The van der Waals surface area contributed by atoms with E-state index in [9.17, 15) is 0 Å². The minimum Gasteiger partial charge on any atom is -0.370 e. The van der Waals surface area contributed by atoms with Crippen molar-refractivity contribution in [3.05, 3.63) is 48.3 Å². The molecular weight excluding hydrogens is 465 g/mol. The van der Waals surface area contributed by atoms with Gasteiger partial charge in [0.15, 0.2) is 5.96 Å². The van der Waals surface area contributed by atoms with Gasteiger partial charge in [0.2, 0.25) is 5.95 Å². The van der Waals surface area contributed by atoms with Crippen molar-refractivity contribution in [2.24, 2.45) is 10.7 Å². The number of anilines is 2. The molecule has 0 aliphatic carbocycles. The molecule has 1 aromatic heterocycles. The van der Waals surface area contributed by atoms with Crippen LogP contribution in [0.4, 0.5) is 11.6 Å². The van der Waals surface area contributed by atoms with E-state index in [0.29, 0.717) is 5.96 Å². The Morgan fingerprint density at radius 2 is 1.79 bits per heavy atom. The van der Waals surface area contributed by atoms with Gasteiger partial charge >= 0.3 is 0 Å². The molecular formula is C20H30IN7. The van der Waals surface area contributed by atoms with Gasteiger partial charge in [-0.1, -0.05) is 19.1 Å². The molecule has 0 saturated carbocycles. The Labute approximate surface area is 184 Å². The number of aliphatic imine (C=N–C) groups is 1. The number of guanidine groups is 1. The standard InChI is InChI=1S/C20H29N7.HI/c1-2-17-5-7-18(8-6-17)25-19(21)22-11-4-12-26-13-15-27(16-14-26)20-23-9-3-10-24-20;/h3,5-10H,2,4,11-16H2,1H3,(H3,21,22,25);1H. The Kier molecular flexibility index (Phi) is 9.42. The third kappa shape index (κ3) is 6.90. The van der Waals surface area contributed by atoms with E-state index in [0.717, 1.165) is 63.7 Å². The number of benzene rings is 1. The number of piperazine rings is 1. The van der Waals surface area contributed by atoms with E-state index in [-0.39, 0.29) is 24.0 Å². The molecule has 1 aromatic carbocycles. The lowest BCUT2D eigenvalue weighted by Crippen LogP contribution is -2.47. The van der Waals surface area contributed by atoms with Crippen LogP contribution in [0, 0.1) is 0 Å². The first-order valence-electron chi connectivity index (χ1n) is 9.65. The number of rotatable bonds is 7. The van der Waals surface area contributed by atoms with Crippen LogP contribution < -0.4 is 16.0 Å². The molecule has 1 aliphatic rings. The zero-order valence-electron chi connectivity index (χ0n) is 16.4. The largest absolute Gasteiger partial charge is 0.370 e. The second-order valence-corrected chi connectivity index (χ2v) is 6.67. The fraction of sp³-hybridized carbons (Fsp3) is 0.450. The summed E-state index contributed by atoms with van der Waals surface area (Å²) in [6.45, 7) is 7.89. The first-order valence-corrected chi connectivity index (χ1v) is 9.65. The number of hydrogen-bond acceptors (Lipinski definition) is 5. The quantitative estimate of drug-likeness (QED) is 0.266. The number of aromatic nitrogens is 2. The lowest BCUT2D eigenvalue weighted by Gasteiger charge is -2.34. The molecule has 2 aromatic rings. The fourth-order valence-electron chi connectivity index (χ4n) is 3.13.